The molecule has 1 aromatic rings. The van der Waals surface area contributed by atoms with Gasteiger partial charge in [0.25, 0.3) is 0 Å². The van der Waals surface area contributed by atoms with Gasteiger partial charge in [0.05, 0.1) is 12.2 Å². The first-order chi connectivity index (χ1) is 7.24. The van der Waals surface area contributed by atoms with Crippen molar-refractivity contribution >= 4 is 17.4 Å². The van der Waals surface area contributed by atoms with Crippen LogP contribution in [0.15, 0.2) is 18.3 Å². The summed E-state index contributed by atoms with van der Waals surface area (Å²) in [6.45, 7) is 2.89. The lowest BCUT2D eigenvalue weighted by molar-refractivity contribution is -0.119. The zero-order valence-corrected chi connectivity index (χ0v) is 8.79. The molecular weight excluding hydrogens is 192 g/mol. The summed E-state index contributed by atoms with van der Waals surface area (Å²) in [5, 5.41) is 5.63. The van der Waals surface area contributed by atoms with Crippen molar-refractivity contribution in [1.82, 2.24) is 10.3 Å². The molecule has 0 saturated carbocycles. The van der Waals surface area contributed by atoms with Gasteiger partial charge in [-0.05, 0) is 18.6 Å². The van der Waals surface area contributed by atoms with Crippen molar-refractivity contribution in [2.24, 2.45) is 0 Å². The Morgan fingerprint density at radius 3 is 3.07 bits per heavy atom. The molecule has 1 rings (SSSR count). The molecule has 0 radical (unpaired) electrons. The Morgan fingerprint density at radius 1 is 1.60 bits per heavy atom. The Morgan fingerprint density at radius 2 is 2.40 bits per heavy atom. The average molecular weight is 208 g/mol. The Bertz CT molecular complexity index is 327. The van der Waals surface area contributed by atoms with Crippen LogP contribution >= 0.6 is 0 Å². The highest BCUT2D eigenvalue weighted by molar-refractivity contribution is 5.81. The van der Waals surface area contributed by atoms with Crippen molar-refractivity contribution < 1.29 is 4.79 Å². The van der Waals surface area contributed by atoms with Crippen molar-refractivity contribution in [1.29, 1.82) is 0 Å². The molecule has 15 heavy (non-hydrogen) atoms. The van der Waals surface area contributed by atoms with Crippen molar-refractivity contribution in [3.05, 3.63) is 18.3 Å². The van der Waals surface area contributed by atoms with Crippen LogP contribution in [0.2, 0.25) is 0 Å². The molecule has 0 aliphatic carbocycles. The van der Waals surface area contributed by atoms with Gasteiger partial charge in [0, 0.05) is 12.7 Å². The lowest BCUT2D eigenvalue weighted by atomic mass is 10.4. The van der Waals surface area contributed by atoms with Gasteiger partial charge in [0.2, 0.25) is 5.91 Å². The van der Waals surface area contributed by atoms with E-state index >= 15 is 0 Å². The van der Waals surface area contributed by atoms with Crippen molar-refractivity contribution in [3.63, 3.8) is 0 Å². The second kappa shape index (κ2) is 5.85. The van der Waals surface area contributed by atoms with Gasteiger partial charge < -0.3 is 16.4 Å². The topological polar surface area (TPSA) is 80.0 Å². The number of anilines is 2. The maximum atomic E-state index is 11.2. The molecule has 0 aromatic carbocycles. The Kier molecular flexibility index (Phi) is 4.40. The van der Waals surface area contributed by atoms with Crippen molar-refractivity contribution in [2.75, 3.05) is 24.1 Å². The summed E-state index contributed by atoms with van der Waals surface area (Å²) < 4.78 is 0. The van der Waals surface area contributed by atoms with Gasteiger partial charge in [-0.2, -0.15) is 0 Å². The fraction of sp³-hybridized carbons (Fsp3) is 0.400. The SMILES string of the molecule is CCCNC(=O)CNc1ncccc1N. The number of nitrogen functional groups attached to an aromatic ring is 1. The predicted octanol–water partition coefficient (Wildman–Crippen LogP) is 0.602. The van der Waals surface area contributed by atoms with Crippen LogP contribution in [0.5, 0.6) is 0 Å². The van der Waals surface area contributed by atoms with Crippen LogP contribution in [0.25, 0.3) is 0 Å². The van der Waals surface area contributed by atoms with Gasteiger partial charge in [-0.1, -0.05) is 6.92 Å². The minimum absolute atomic E-state index is 0.0538. The predicted molar refractivity (Wildman–Crippen MR) is 60.4 cm³/mol. The maximum Gasteiger partial charge on any atom is 0.239 e. The number of aromatic nitrogens is 1. The number of amides is 1. The number of nitrogens with zero attached hydrogens (tertiary/aromatic N) is 1. The third-order valence-corrected chi connectivity index (χ3v) is 1.83. The monoisotopic (exact) mass is 208 g/mol. The Balaban J connectivity index is 2.37. The van der Waals surface area contributed by atoms with Gasteiger partial charge in [-0.15, -0.1) is 0 Å². The smallest absolute Gasteiger partial charge is 0.239 e. The molecule has 1 heterocycles. The van der Waals surface area contributed by atoms with Gasteiger partial charge in [0.15, 0.2) is 0 Å². The molecule has 0 fully saturated rings. The van der Waals surface area contributed by atoms with E-state index in [9.17, 15) is 4.79 Å². The van der Waals surface area contributed by atoms with E-state index in [-0.39, 0.29) is 12.5 Å². The maximum absolute atomic E-state index is 11.2. The zero-order valence-electron chi connectivity index (χ0n) is 8.79. The molecule has 5 heteroatoms. The summed E-state index contributed by atoms with van der Waals surface area (Å²) in [7, 11) is 0. The number of carbonyl (C=O) groups excluding carboxylic acids is 1. The van der Waals surface area contributed by atoms with E-state index in [4.69, 9.17) is 5.73 Å². The van der Waals surface area contributed by atoms with E-state index in [2.05, 4.69) is 15.6 Å². The molecule has 0 bridgehead atoms. The molecule has 0 aliphatic heterocycles. The average Bonchev–Trinajstić information content (AvgIpc) is 2.25. The minimum atomic E-state index is -0.0538. The molecule has 1 amide bonds. The third kappa shape index (κ3) is 3.84. The lowest BCUT2D eigenvalue weighted by Crippen LogP contribution is -2.30. The Hall–Kier alpha value is -1.78. The third-order valence-electron chi connectivity index (χ3n) is 1.83. The fourth-order valence-electron chi connectivity index (χ4n) is 1.06. The molecule has 0 aliphatic rings. The van der Waals surface area contributed by atoms with Gasteiger partial charge in [0.1, 0.15) is 5.82 Å². The van der Waals surface area contributed by atoms with Crippen molar-refractivity contribution in [2.45, 2.75) is 13.3 Å². The molecule has 0 atom stereocenters. The zero-order chi connectivity index (χ0) is 11.1. The van der Waals surface area contributed by atoms with Crippen molar-refractivity contribution in [3.8, 4) is 0 Å². The highest BCUT2D eigenvalue weighted by atomic mass is 16.1. The highest BCUT2D eigenvalue weighted by Gasteiger charge is 2.02. The first kappa shape index (κ1) is 11.3. The summed E-state index contributed by atoms with van der Waals surface area (Å²) in [5.74, 6) is 0.492. The van der Waals surface area contributed by atoms with E-state index in [0.29, 0.717) is 18.1 Å². The number of nitrogens with two attached hydrogens (primary N) is 1. The quantitative estimate of drug-likeness (QED) is 0.662. The number of hydrogen-bond acceptors (Lipinski definition) is 4. The number of pyridine rings is 1. The molecule has 0 unspecified atom stereocenters. The standard InChI is InChI=1S/C10H16N4O/c1-2-5-12-9(15)7-14-10-8(11)4-3-6-13-10/h3-4,6H,2,5,7,11H2,1H3,(H,12,15)(H,13,14). The van der Waals surface area contributed by atoms with E-state index in [0.717, 1.165) is 6.42 Å². The van der Waals surface area contributed by atoms with Crippen LogP contribution in [0.3, 0.4) is 0 Å². The highest BCUT2D eigenvalue weighted by Crippen LogP contribution is 2.11. The molecule has 1 aromatic heterocycles. The van der Waals surface area contributed by atoms with Crippen LogP contribution in [-0.4, -0.2) is 24.0 Å². The second-order valence-electron chi connectivity index (χ2n) is 3.14. The Labute approximate surface area is 89.1 Å². The van der Waals surface area contributed by atoms with Crippen LogP contribution in [0.4, 0.5) is 11.5 Å². The van der Waals surface area contributed by atoms with E-state index in [1.165, 1.54) is 0 Å². The van der Waals surface area contributed by atoms with Crippen LogP contribution < -0.4 is 16.4 Å². The normalized spacial score (nSPS) is 9.67. The molecule has 0 spiro atoms. The fourth-order valence-corrected chi connectivity index (χ4v) is 1.06. The summed E-state index contributed by atoms with van der Waals surface area (Å²) in [6, 6.07) is 3.48. The summed E-state index contributed by atoms with van der Waals surface area (Å²) in [4.78, 5) is 15.3. The number of nitrogens with one attached hydrogen (secondary N) is 2. The van der Waals surface area contributed by atoms with Gasteiger partial charge in [-0.25, -0.2) is 4.98 Å². The van der Waals surface area contributed by atoms with Crippen LogP contribution in [0, 0.1) is 0 Å². The summed E-state index contributed by atoms with van der Waals surface area (Å²) in [6.07, 6.45) is 2.56. The van der Waals surface area contributed by atoms with Crippen LogP contribution in [-0.2, 0) is 4.79 Å². The minimum Gasteiger partial charge on any atom is -0.396 e. The molecule has 82 valence electrons. The number of carbonyl (C=O) groups is 1. The van der Waals surface area contributed by atoms with E-state index in [1.807, 2.05) is 6.92 Å². The summed E-state index contributed by atoms with van der Waals surface area (Å²) in [5.41, 5.74) is 6.19. The molecule has 5 nitrogen and oxygen atoms in total. The molecule has 4 N–H and O–H groups in total. The second-order valence-corrected chi connectivity index (χ2v) is 3.14. The van der Waals surface area contributed by atoms with E-state index < -0.39 is 0 Å². The first-order valence-corrected chi connectivity index (χ1v) is 4.95. The lowest BCUT2D eigenvalue weighted by Gasteiger charge is -2.07. The molecular formula is C10H16N4O. The number of rotatable bonds is 5. The summed E-state index contributed by atoms with van der Waals surface area (Å²) >= 11 is 0. The first-order valence-electron chi connectivity index (χ1n) is 4.95. The molecule has 0 saturated heterocycles. The van der Waals surface area contributed by atoms with Crippen LogP contribution in [0.1, 0.15) is 13.3 Å². The van der Waals surface area contributed by atoms with Gasteiger partial charge >= 0.3 is 0 Å². The van der Waals surface area contributed by atoms with E-state index in [1.54, 1.807) is 18.3 Å². The van der Waals surface area contributed by atoms with Gasteiger partial charge in [-0.3, -0.25) is 4.79 Å². The number of hydrogen-bond donors (Lipinski definition) is 3. The largest absolute Gasteiger partial charge is 0.396 e.